The molecule has 1 aliphatic carbocycles. The highest BCUT2D eigenvalue weighted by atomic mass is 16.7. The molecule has 1 unspecified atom stereocenters. The number of hydrogen-bond acceptors (Lipinski definition) is 7. The van der Waals surface area contributed by atoms with Crippen molar-refractivity contribution in [3.8, 4) is 0 Å². The van der Waals surface area contributed by atoms with Gasteiger partial charge >= 0.3 is 5.97 Å². The number of carbonyl (C=O) groups is 4. The summed E-state index contributed by atoms with van der Waals surface area (Å²) in [4.78, 5) is 53.0. The highest BCUT2D eigenvalue weighted by Gasteiger charge is 2.42. The molecule has 194 valence electrons. The zero-order chi connectivity index (χ0) is 25.7. The Hall–Kier alpha value is -2.72. The van der Waals surface area contributed by atoms with Crippen molar-refractivity contribution in [2.45, 2.75) is 83.9 Å². The van der Waals surface area contributed by atoms with Gasteiger partial charge in [0.15, 0.2) is 0 Å². The van der Waals surface area contributed by atoms with E-state index >= 15 is 0 Å². The van der Waals surface area contributed by atoms with E-state index in [4.69, 9.17) is 14.2 Å². The van der Waals surface area contributed by atoms with E-state index in [2.05, 4.69) is 10.6 Å². The Morgan fingerprint density at radius 1 is 1.29 bits per heavy atom. The number of amides is 3. The van der Waals surface area contributed by atoms with E-state index in [-0.39, 0.29) is 36.2 Å². The standard InChI is InChI=1S/C25H37N3O7/c1-6-34-25-17(13-20(29)35-25)26-23(31)18-10-8-12-28(18)24(32)21(14(2)3)27-22(30)16-9-7-11-19(33-5)15(16)4/h7,9,14,17-19,21,25H,6,8,10-13H2,1-5H3,(H,26,31)(H,27,30)/t17-,18-,19?,21-,25+/m0/s1. The van der Waals surface area contributed by atoms with E-state index in [1.165, 1.54) is 4.90 Å². The van der Waals surface area contributed by atoms with E-state index in [1.54, 1.807) is 20.1 Å². The molecule has 3 rings (SSSR count). The Morgan fingerprint density at radius 2 is 2.03 bits per heavy atom. The zero-order valence-electron chi connectivity index (χ0n) is 21.2. The molecule has 0 saturated carbocycles. The molecule has 3 amide bonds. The van der Waals surface area contributed by atoms with Crippen molar-refractivity contribution in [2.75, 3.05) is 20.3 Å². The first kappa shape index (κ1) is 26.9. The van der Waals surface area contributed by atoms with Crippen LogP contribution in [-0.2, 0) is 33.4 Å². The van der Waals surface area contributed by atoms with Crippen LogP contribution in [0.3, 0.4) is 0 Å². The number of cyclic esters (lactones) is 1. The Balaban J connectivity index is 1.70. The molecule has 2 heterocycles. The molecule has 10 heteroatoms. The summed E-state index contributed by atoms with van der Waals surface area (Å²) >= 11 is 0. The molecule has 0 bridgehead atoms. The maximum atomic E-state index is 13.5. The van der Waals surface area contributed by atoms with E-state index in [0.717, 1.165) is 5.57 Å². The summed E-state index contributed by atoms with van der Waals surface area (Å²) in [5.74, 6) is -1.62. The number of methoxy groups -OCH3 is 1. The molecule has 2 fully saturated rings. The minimum atomic E-state index is -0.833. The monoisotopic (exact) mass is 491 g/mol. The highest BCUT2D eigenvalue weighted by Crippen LogP contribution is 2.24. The number of ether oxygens (including phenoxy) is 3. The minimum Gasteiger partial charge on any atom is -0.433 e. The largest absolute Gasteiger partial charge is 0.433 e. The number of nitrogens with one attached hydrogen (secondary N) is 2. The number of nitrogens with zero attached hydrogens (tertiary/aromatic N) is 1. The van der Waals surface area contributed by atoms with Gasteiger partial charge in [-0.05, 0) is 44.6 Å². The molecule has 0 spiro atoms. The fraction of sp³-hybridized carbons (Fsp3) is 0.680. The van der Waals surface area contributed by atoms with Gasteiger partial charge in [0, 0.05) is 25.8 Å². The Kier molecular flexibility index (Phi) is 9.07. The molecule has 0 radical (unpaired) electrons. The van der Waals surface area contributed by atoms with Gasteiger partial charge in [-0.15, -0.1) is 0 Å². The predicted molar refractivity (Wildman–Crippen MR) is 127 cm³/mol. The molecule has 0 aromatic carbocycles. The van der Waals surface area contributed by atoms with Crippen molar-refractivity contribution in [1.29, 1.82) is 0 Å². The van der Waals surface area contributed by atoms with Crippen molar-refractivity contribution in [3.63, 3.8) is 0 Å². The van der Waals surface area contributed by atoms with Crippen LogP contribution in [0, 0.1) is 5.92 Å². The summed E-state index contributed by atoms with van der Waals surface area (Å²) in [5.41, 5.74) is 1.31. The lowest BCUT2D eigenvalue weighted by Gasteiger charge is -2.31. The number of hydrogen-bond donors (Lipinski definition) is 2. The SMILES string of the molecule is CCO[C@@H]1OC(=O)C[C@@H]1NC(=O)[C@@H]1CCCN1C(=O)[C@@H](NC(=O)C1=C(C)C(OC)CC=C1)C(C)C. The zero-order valence-corrected chi connectivity index (χ0v) is 21.2. The average Bonchev–Trinajstić information content (AvgIpc) is 3.44. The molecule has 0 aromatic rings. The van der Waals surface area contributed by atoms with Crippen molar-refractivity contribution < 1.29 is 33.4 Å². The summed E-state index contributed by atoms with van der Waals surface area (Å²) in [6.07, 6.45) is 4.52. The third-order valence-electron chi connectivity index (χ3n) is 6.75. The lowest BCUT2D eigenvalue weighted by atomic mass is 9.94. The van der Waals surface area contributed by atoms with E-state index in [1.807, 2.05) is 26.8 Å². The number of rotatable bonds is 9. The van der Waals surface area contributed by atoms with Crippen LogP contribution in [0.1, 0.15) is 53.4 Å². The van der Waals surface area contributed by atoms with E-state index < -0.39 is 30.4 Å². The number of carbonyl (C=O) groups excluding carboxylic acids is 4. The van der Waals surface area contributed by atoms with Gasteiger partial charge in [0.2, 0.25) is 18.1 Å². The van der Waals surface area contributed by atoms with Gasteiger partial charge < -0.3 is 29.7 Å². The molecule has 3 aliphatic rings. The smallest absolute Gasteiger partial charge is 0.310 e. The molecule has 0 aromatic heterocycles. The molecular formula is C25H37N3O7. The van der Waals surface area contributed by atoms with Crippen LogP contribution < -0.4 is 10.6 Å². The minimum absolute atomic E-state index is 0.0200. The van der Waals surface area contributed by atoms with Crippen LogP contribution in [0.2, 0.25) is 0 Å². The molecular weight excluding hydrogens is 454 g/mol. The van der Waals surface area contributed by atoms with Crippen molar-refractivity contribution >= 4 is 23.7 Å². The van der Waals surface area contributed by atoms with Crippen LogP contribution >= 0.6 is 0 Å². The molecule has 2 saturated heterocycles. The van der Waals surface area contributed by atoms with Gasteiger partial charge in [0.05, 0.1) is 12.5 Å². The topological polar surface area (TPSA) is 123 Å². The molecule has 35 heavy (non-hydrogen) atoms. The molecule has 2 aliphatic heterocycles. The molecule has 10 nitrogen and oxygen atoms in total. The first-order chi connectivity index (χ1) is 16.7. The van der Waals surface area contributed by atoms with Gasteiger partial charge in [-0.3, -0.25) is 19.2 Å². The molecule has 2 N–H and O–H groups in total. The van der Waals surface area contributed by atoms with Gasteiger partial charge in [0.25, 0.3) is 5.91 Å². The maximum absolute atomic E-state index is 13.5. The van der Waals surface area contributed by atoms with E-state index in [0.29, 0.717) is 38.0 Å². The Labute approximate surface area is 206 Å². The fourth-order valence-electron chi connectivity index (χ4n) is 4.78. The summed E-state index contributed by atoms with van der Waals surface area (Å²) in [6.45, 7) is 8.10. The Bertz CT molecular complexity index is 897. The van der Waals surface area contributed by atoms with Crippen LogP contribution in [0.5, 0.6) is 0 Å². The quantitative estimate of drug-likeness (QED) is 0.465. The van der Waals surface area contributed by atoms with Crippen molar-refractivity contribution in [1.82, 2.24) is 15.5 Å². The lowest BCUT2D eigenvalue weighted by Crippen LogP contribution is -2.56. The number of esters is 1. The normalized spacial score (nSPS) is 27.3. The van der Waals surface area contributed by atoms with Gasteiger partial charge in [-0.2, -0.15) is 0 Å². The lowest BCUT2D eigenvalue weighted by molar-refractivity contribution is -0.164. The Morgan fingerprint density at radius 3 is 2.69 bits per heavy atom. The average molecular weight is 492 g/mol. The third-order valence-corrected chi connectivity index (χ3v) is 6.75. The van der Waals surface area contributed by atoms with Crippen LogP contribution in [0.4, 0.5) is 0 Å². The first-order valence-electron chi connectivity index (χ1n) is 12.3. The van der Waals surface area contributed by atoms with Crippen LogP contribution in [0.15, 0.2) is 23.3 Å². The molecule has 5 atom stereocenters. The van der Waals surface area contributed by atoms with Crippen molar-refractivity contribution in [3.05, 3.63) is 23.3 Å². The second-order valence-corrected chi connectivity index (χ2v) is 9.48. The van der Waals surface area contributed by atoms with Gasteiger partial charge in [-0.1, -0.05) is 26.0 Å². The predicted octanol–water partition coefficient (Wildman–Crippen LogP) is 1.20. The van der Waals surface area contributed by atoms with Crippen LogP contribution in [0.25, 0.3) is 0 Å². The van der Waals surface area contributed by atoms with E-state index in [9.17, 15) is 19.2 Å². The number of likely N-dealkylation sites (tertiary alicyclic amines) is 1. The summed E-state index contributed by atoms with van der Waals surface area (Å²) in [7, 11) is 1.60. The van der Waals surface area contributed by atoms with Gasteiger partial charge in [-0.25, -0.2) is 0 Å². The first-order valence-corrected chi connectivity index (χ1v) is 12.3. The maximum Gasteiger partial charge on any atom is 0.310 e. The second kappa shape index (κ2) is 11.8. The highest BCUT2D eigenvalue weighted by molar-refractivity contribution is 6.00. The van der Waals surface area contributed by atoms with Crippen LogP contribution in [-0.4, -0.2) is 79.4 Å². The second-order valence-electron chi connectivity index (χ2n) is 9.48. The fourth-order valence-corrected chi connectivity index (χ4v) is 4.78. The summed E-state index contributed by atoms with van der Waals surface area (Å²) < 4.78 is 16.0. The van der Waals surface area contributed by atoms with Gasteiger partial charge in [0.1, 0.15) is 18.1 Å². The third kappa shape index (κ3) is 6.10. The summed E-state index contributed by atoms with van der Waals surface area (Å²) in [6, 6.07) is -2.08. The van der Waals surface area contributed by atoms with Crippen molar-refractivity contribution in [2.24, 2.45) is 5.92 Å². The summed E-state index contributed by atoms with van der Waals surface area (Å²) in [5, 5.41) is 5.72.